The number of carbonyl (C=O) groups excluding carboxylic acids is 2. The standard InChI is InChI=1S/C24H24FN3O3/c1-31-19-9-4-15(5-10-19)21-14-17(23(28-21)16-2-7-18(25)8-3-16)6-11-22(29)27-20-12-13-26-24(20)30/h2-5,7-10,14,20,28H,6,11-13H2,1H3,(H,26,30)(H,27,29). The summed E-state index contributed by atoms with van der Waals surface area (Å²) in [5.41, 5.74) is 4.50. The number of amides is 2. The molecule has 4 rings (SSSR count). The Hall–Kier alpha value is -3.61. The molecule has 0 aliphatic carbocycles. The highest BCUT2D eigenvalue weighted by molar-refractivity contribution is 5.89. The third kappa shape index (κ3) is 4.77. The van der Waals surface area contributed by atoms with Gasteiger partial charge in [0.15, 0.2) is 0 Å². The molecular formula is C24H24FN3O3. The van der Waals surface area contributed by atoms with Gasteiger partial charge in [0.2, 0.25) is 11.8 Å². The molecule has 0 spiro atoms. The molecule has 1 atom stereocenters. The van der Waals surface area contributed by atoms with Gasteiger partial charge in [0, 0.05) is 24.4 Å². The summed E-state index contributed by atoms with van der Waals surface area (Å²) in [6.07, 6.45) is 1.34. The maximum Gasteiger partial charge on any atom is 0.242 e. The molecule has 1 saturated heterocycles. The Balaban J connectivity index is 1.56. The van der Waals surface area contributed by atoms with Crippen molar-refractivity contribution in [3.8, 4) is 28.3 Å². The zero-order chi connectivity index (χ0) is 21.8. The lowest BCUT2D eigenvalue weighted by atomic mass is 10.0. The fourth-order valence-corrected chi connectivity index (χ4v) is 3.74. The Morgan fingerprint density at radius 3 is 2.48 bits per heavy atom. The molecule has 0 bridgehead atoms. The number of benzene rings is 2. The van der Waals surface area contributed by atoms with E-state index in [2.05, 4.69) is 15.6 Å². The number of halogens is 1. The van der Waals surface area contributed by atoms with Crippen LogP contribution in [-0.2, 0) is 16.0 Å². The fourth-order valence-electron chi connectivity index (χ4n) is 3.74. The van der Waals surface area contributed by atoms with Crippen LogP contribution in [0.1, 0.15) is 18.4 Å². The van der Waals surface area contributed by atoms with Crippen LogP contribution in [0.25, 0.3) is 22.5 Å². The molecule has 1 unspecified atom stereocenters. The van der Waals surface area contributed by atoms with Gasteiger partial charge in [0.05, 0.1) is 7.11 Å². The first kappa shape index (κ1) is 20.7. The topological polar surface area (TPSA) is 83.2 Å². The summed E-state index contributed by atoms with van der Waals surface area (Å²) in [7, 11) is 1.62. The Kier molecular flexibility index (Phi) is 6.02. The SMILES string of the molecule is COc1ccc(-c2cc(CCC(=O)NC3CCNC3=O)c(-c3ccc(F)cc3)[nH]2)cc1. The van der Waals surface area contributed by atoms with E-state index in [1.54, 1.807) is 19.2 Å². The van der Waals surface area contributed by atoms with Crippen molar-refractivity contribution < 1.29 is 18.7 Å². The Morgan fingerprint density at radius 2 is 1.84 bits per heavy atom. The van der Waals surface area contributed by atoms with Crippen molar-refractivity contribution in [1.29, 1.82) is 0 Å². The monoisotopic (exact) mass is 421 g/mol. The van der Waals surface area contributed by atoms with Crippen LogP contribution in [0.15, 0.2) is 54.6 Å². The smallest absolute Gasteiger partial charge is 0.242 e. The van der Waals surface area contributed by atoms with Crippen molar-refractivity contribution in [2.45, 2.75) is 25.3 Å². The second-order valence-electron chi connectivity index (χ2n) is 7.52. The molecule has 0 saturated carbocycles. The van der Waals surface area contributed by atoms with Gasteiger partial charge in [-0.3, -0.25) is 9.59 Å². The van der Waals surface area contributed by atoms with Gasteiger partial charge in [-0.25, -0.2) is 4.39 Å². The highest BCUT2D eigenvalue weighted by Crippen LogP contribution is 2.31. The van der Waals surface area contributed by atoms with Crippen LogP contribution in [0.3, 0.4) is 0 Å². The van der Waals surface area contributed by atoms with E-state index in [1.165, 1.54) is 12.1 Å². The molecular weight excluding hydrogens is 397 g/mol. The largest absolute Gasteiger partial charge is 0.497 e. The van der Waals surface area contributed by atoms with E-state index >= 15 is 0 Å². The van der Waals surface area contributed by atoms with Gasteiger partial charge in [0.25, 0.3) is 0 Å². The van der Waals surface area contributed by atoms with Gasteiger partial charge < -0.3 is 20.4 Å². The number of aromatic nitrogens is 1. The first-order valence-corrected chi connectivity index (χ1v) is 10.2. The minimum atomic E-state index is -0.454. The average molecular weight is 421 g/mol. The molecule has 2 amide bonds. The average Bonchev–Trinajstić information content (AvgIpc) is 3.39. The Bertz CT molecular complexity index is 1070. The van der Waals surface area contributed by atoms with E-state index in [-0.39, 0.29) is 24.1 Å². The number of H-pyrrole nitrogens is 1. The number of hydrogen-bond acceptors (Lipinski definition) is 3. The van der Waals surface area contributed by atoms with Crippen molar-refractivity contribution in [3.63, 3.8) is 0 Å². The van der Waals surface area contributed by atoms with Crippen molar-refractivity contribution in [2.75, 3.05) is 13.7 Å². The van der Waals surface area contributed by atoms with Crippen LogP contribution in [0, 0.1) is 5.82 Å². The second kappa shape index (κ2) is 9.04. The van der Waals surface area contributed by atoms with Crippen LogP contribution < -0.4 is 15.4 Å². The van der Waals surface area contributed by atoms with Crippen LogP contribution in [0.4, 0.5) is 4.39 Å². The van der Waals surface area contributed by atoms with Gasteiger partial charge in [-0.15, -0.1) is 0 Å². The summed E-state index contributed by atoms with van der Waals surface area (Å²) >= 11 is 0. The van der Waals surface area contributed by atoms with Crippen LogP contribution >= 0.6 is 0 Å². The van der Waals surface area contributed by atoms with E-state index in [1.807, 2.05) is 30.3 Å². The molecule has 1 aromatic heterocycles. The van der Waals surface area contributed by atoms with Gasteiger partial charge in [-0.2, -0.15) is 0 Å². The maximum absolute atomic E-state index is 13.4. The summed E-state index contributed by atoms with van der Waals surface area (Å²) in [4.78, 5) is 27.5. The zero-order valence-electron chi connectivity index (χ0n) is 17.2. The number of aryl methyl sites for hydroxylation is 1. The first-order valence-electron chi connectivity index (χ1n) is 10.2. The summed E-state index contributed by atoms with van der Waals surface area (Å²) < 4.78 is 18.6. The van der Waals surface area contributed by atoms with Crippen molar-refractivity contribution in [1.82, 2.24) is 15.6 Å². The predicted molar refractivity (Wildman–Crippen MR) is 116 cm³/mol. The number of rotatable bonds is 7. The van der Waals surface area contributed by atoms with Crippen LogP contribution in [0.5, 0.6) is 5.75 Å². The zero-order valence-corrected chi connectivity index (χ0v) is 17.2. The normalized spacial score (nSPS) is 15.5. The molecule has 160 valence electrons. The Labute approximate surface area is 179 Å². The highest BCUT2D eigenvalue weighted by Gasteiger charge is 2.25. The Morgan fingerprint density at radius 1 is 1.13 bits per heavy atom. The summed E-state index contributed by atoms with van der Waals surface area (Å²) in [6, 6.07) is 15.5. The van der Waals surface area contributed by atoms with Crippen molar-refractivity contribution in [2.24, 2.45) is 0 Å². The highest BCUT2D eigenvalue weighted by atomic mass is 19.1. The lowest BCUT2D eigenvalue weighted by molar-refractivity contribution is -0.127. The summed E-state index contributed by atoms with van der Waals surface area (Å²) in [6.45, 7) is 0.585. The van der Waals surface area contributed by atoms with E-state index in [0.29, 0.717) is 19.4 Å². The fraction of sp³-hybridized carbons (Fsp3) is 0.250. The molecule has 2 aromatic carbocycles. The van der Waals surface area contributed by atoms with E-state index < -0.39 is 6.04 Å². The van der Waals surface area contributed by atoms with Gasteiger partial charge in [-0.1, -0.05) is 0 Å². The molecule has 1 aliphatic heterocycles. The molecule has 3 N–H and O–H groups in total. The van der Waals surface area contributed by atoms with E-state index in [4.69, 9.17) is 4.74 Å². The van der Waals surface area contributed by atoms with Gasteiger partial charge >= 0.3 is 0 Å². The van der Waals surface area contributed by atoms with Crippen molar-refractivity contribution in [3.05, 3.63) is 66.0 Å². The molecule has 7 heteroatoms. The molecule has 2 heterocycles. The molecule has 31 heavy (non-hydrogen) atoms. The molecule has 3 aromatic rings. The predicted octanol–water partition coefficient (Wildman–Crippen LogP) is 3.43. The number of carbonyl (C=O) groups is 2. The number of nitrogens with one attached hydrogen (secondary N) is 3. The van der Waals surface area contributed by atoms with Gasteiger partial charge in [0.1, 0.15) is 17.6 Å². The van der Waals surface area contributed by atoms with Crippen LogP contribution in [-0.4, -0.2) is 36.5 Å². The molecule has 0 radical (unpaired) electrons. The molecule has 1 fully saturated rings. The summed E-state index contributed by atoms with van der Waals surface area (Å²) in [5.74, 6) is 0.159. The quantitative estimate of drug-likeness (QED) is 0.547. The van der Waals surface area contributed by atoms with E-state index in [9.17, 15) is 14.0 Å². The first-order chi connectivity index (χ1) is 15.0. The number of methoxy groups -OCH3 is 1. The summed E-state index contributed by atoms with van der Waals surface area (Å²) in [5, 5.41) is 5.51. The lowest BCUT2D eigenvalue weighted by Gasteiger charge is -2.10. The van der Waals surface area contributed by atoms with Crippen molar-refractivity contribution >= 4 is 11.8 Å². The second-order valence-corrected chi connectivity index (χ2v) is 7.52. The minimum absolute atomic E-state index is 0.135. The number of ether oxygens (including phenoxy) is 1. The van der Waals surface area contributed by atoms with Crippen LogP contribution in [0.2, 0.25) is 0 Å². The lowest BCUT2D eigenvalue weighted by Crippen LogP contribution is -2.40. The molecule has 1 aliphatic rings. The number of aromatic amines is 1. The third-order valence-electron chi connectivity index (χ3n) is 5.44. The molecule has 6 nitrogen and oxygen atoms in total. The third-order valence-corrected chi connectivity index (χ3v) is 5.44. The van der Waals surface area contributed by atoms with Gasteiger partial charge in [-0.05, 0) is 84.1 Å². The minimum Gasteiger partial charge on any atom is -0.497 e. The number of hydrogen-bond donors (Lipinski definition) is 3. The van der Waals surface area contributed by atoms with E-state index in [0.717, 1.165) is 33.8 Å². The maximum atomic E-state index is 13.4.